The van der Waals surface area contributed by atoms with Crippen molar-refractivity contribution in [1.29, 1.82) is 0 Å². The van der Waals surface area contributed by atoms with Gasteiger partial charge in [0.05, 0.1) is 11.1 Å². The van der Waals surface area contributed by atoms with E-state index in [0.29, 0.717) is 25.8 Å². The number of unbranched alkanes of at least 4 members (excludes halogenated alkanes) is 2. The molecule has 170 valence electrons. The van der Waals surface area contributed by atoms with Crippen LogP contribution in [0, 0.1) is 0 Å². The number of ether oxygens (including phenoxy) is 1. The van der Waals surface area contributed by atoms with Crippen LogP contribution >= 0.6 is 0 Å². The summed E-state index contributed by atoms with van der Waals surface area (Å²) in [5, 5.41) is 4.81. The van der Waals surface area contributed by atoms with Gasteiger partial charge in [0.2, 0.25) is 17.7 Å². The van der Waals surface area contributed by atoms with E-state index in [1.165, 1.54) is 18.2 Å². The van der Waals surface area contributed by atoms with Crippen LogP contribution in [0.3, 0.4) is 0 Å². The lowest BCUT2D eigenvalue weighted by molar-refractivity contribution is -0.136. The Bertz CT molecular complexity index is 975. The standard InChI is InChI=1S/C21H24N4O7/c22-15(26)7-2-1-3-10-23-17(28)11-32-14-6-4-5-12-18(14)21(31)25(20(12)30)13-8-9-16(27)24-19(13)29/h4-6,13H,1-3,7-11H2,(H2,22,26)(H,23,28)(H,24,27,29). The molecule has 2 aliphatic heterocycles. The van der Waals surface area contributed by atoms with Crippen LogP contribution in [0.5, 0.6) is 5.75 Å². The van der Waals surface area contributed by atoms with Crippen molar-refractivity contribution in [3.05, 3.63) is 29.3 Å². The van der Waals surface area contributed by atoms with Crippen molar-refractivity contribution in [2.45, 2.75) is 44.6 Å². The maximum absolute atomic E-state index is 12.9. The highest BCUT2D eigenvalue weighted by Gasteiger charge is 2.46. The predicted molar refractivity (Wildman–Crippen MR) is 109 cm³/mol. The second-order valence-corrected chi connectivity index (χ2v) is 7.54. The number of nitrogens with zero attached hydrogens (tertiary/aromatic N) is 1. The van der Waals surface area contributed by atoms with Gasteiger partial charge in [0.1, 0.15) is 11.8 Å². The van der Waals surface area contributed by atoms with Crippen LogP contribution in [0.2, 0.25) is 0 Å². The Balaban J connectivity index is 1.58. The summed E-state index contributed by atoms with van der Waals surface area (Å²) < 4.78 is 5.49. The molecule has 11 nitrogen and oxygen atoms in total. The van der Waals surface area contributed by atoms with Crippen molar-refractivity contribution in [3.8, 4) is 5.75 Å². The number of amides is 6. The molecule has 3 rings (SSSR count). The van der Waals surface area contributed by atoms with Crippen LogP contribution in [0.15, 0.2) is 18.2 Å². The first-order valence-corrected chi connectivity index (χ1v) is 10.3. The third kappa shape index (κ3) is 5.10. The molecule has 1 atom stereocenters. The lowest BCUT2D eigenvalue weighted by atomic mass is 10.0. The number of primary amides is 1. The number of hydrogen-bond donors (Lipinski definition) is 3. The number of benzene rings is 1. The molecule has 32 heavy (non-hydrogen) atoms. The Hall–Kier alpha value is -3.76. The number of piperidine rings is 1. The van der Waals surface area contributed by atoms with Gasteiger partial charge in [-0.1, -0.05) is 12.5 Å². The van der Waals surface area contributed by atoms with E-state index < -0.39 is 35.6 Å². The number of imide groups is 2. The maximum Gasteiger partial charge on any atom is 0.266 e. The van der Waals surface area contributed by atoms with Gasteiger partial charge in [-0.3, -0.25) is 39.0 Å². The van der Waals surface area contributed by atoms with Gasteiger partial charge in [0.25, 0.3) is 17.7 Å². The van der Waals surface area contributed by atoms with E-state index in [4.69, 9.17) is 10.5 Å². The monoisotopic (exact) mass is 444 g/mol. The van der Waals surface area contributed by atoms with Crippen LogP contribution in [0.4, 0.5) is 0 Å². The van der Waals surface area contributed by atoms with Gasteiger partial charge < -0.3 is 15.8 Å². The normalized spacial score (nSPS) is 17.8. The number of carbonyl (C=O) groups is 6. The molecule has 0 aliphatic carbocycles. The topological polar surface area (TPSA) is 165 Å². The van der Waals surface area contributed by atoms with Gasteiger partial charge in [0, 0.05) is 19.4 Å². The van der Waals surface area contributed by atoms with Gasteiger partial charge in [-0.15, -0.1) is 0 Å². The summed E-state index contributed by atoms with van der Waals surface area (Å²) in [5.74, 6) is -3.21. The summed E-state index contributed by atoms with van der Waals surface area (Å²) in [6.07, 6.45) is 2.44. The summed E-state index contributed by atoms with van der Waals surface area (Å²) in [6.45, 7) is 0.0339. The largest absolute Gasteiger partial charge is 0.483 e. The van der Waals surface area contributed by atoms with E-state index in [1.807, 2.05) is 0 Å². The molecule has 1 fully saturated rings. The molecule has 0 spiro atoms. The summed E-state index contributed by atoms with van der Waals surface area (Å²) in [5.41, 5.74) is 5.13. The van der Waals surface area contributed by atoms with Crippen LogP contribution in [-0.4, -0.2) is 59.5 Å². The van der Waals surface area contributed by atoms with Gasteiger partial charge in [-0.25, -0.2) is 0 Å². The average molecular weight is 444 g/mol. The Labute approximate surface area is 183 Å². The van der Waals surface area contributed by atoms with Crippen LogP contribution in [-0.2, 0) is 19.2 Å². The molecule has 11 heteroatoms. The molecule has 1 saturated heterocycles. The zero-order chi connectivity index (χ0) is 23.3. The molecule has 4 N–H and O–H groups in total. The maximum atomic E-state index is 12.9. The lowest BCUT2D eigenvalue weighted by Gasteiger charge is -2.27. The Kier molecular flexibility index (Phi) is 7.18. The first kappa shape index (κ1) is 22.9. The molecule has 1 aromatic carbocycles. The van der Waals surface area contributed by atoms with E-state index in [1.54, 1.807) is 0 Å². The van der Waals surface area contributed by atoms with Gasteiger partial charge >= 0.3 is 0 Å². The Morgan fingerprint density at radius 1 is 1.12 bits per heavy atom. The molecule has 0 aromatic heterocycles. The zero-order valence-electron chi connectivity index (χ0n) is 17.3. The number of carbonyl (C=O) groups excluding carboxylic acids is 6. The molecule has 0 radical (unpaired) electrons. The Morgan fingerprint density at radius 3 is 2.62 bits per heavy atom. The lowest BCUT2D eigenvalue weighted by Crippen LogP contribution is -2.54. The van der Waals surface area contributed by atoms with E-state index in [2.05, 4.69) is 10.6 Å². The highest BCUT2D eigenvalue weighted by Crippen LogP contribution is 2.33. The van der Waals surface area contributed by atoms with E-state index >= 15 is 0 Å². The average Bonchev–Trinajstić information content (AvgIpc) is 3.00. The second-order valence-electron chi connectivity index (χ2n) is 7.54. The number of rotatable bonds is 10. The summed E-state index contributed by atoms with van der Waals surface area (Å²) >= 11 is 0. The van der Waals surface area contributed by atoms with Crippen molar-refractivity contribution >= 4 is 35.4 Å². The van der Waals surface area contributed by atoms with Crippen LogP contribution < -0.4 is 21.1 Å². The number of nitrogens with two attached hydrogens (primary N) is 1. The van der Waals surface area contributed by atoms with Crippen molar-refractivity contribution in [3.63, 3.8) is 0 Å². The van der Waals surface area contributed by atoms with Gasteiger partial charge in [-0.2, -0.15) is 0 Å². The van der Waals surface area contributed by atoms with E-state index in [-0.39, 0.29) is 42.2 Å². The van der Waals surface area contributed by atoms with E-state index in [0.717, 1.165) is 11.3 Å². The molecular weight excluding hydrogens is 420 g/mol. The summed E-state index contributed by atoms with van der Waals surface area (Å²) in [7, 11) is 0. The second kappa shape index (κ2) is 10.0. The predicted octanol–water partition coefficient (Wildman–Crippen LogP) is -0.371. The third-order valence-corrected chi connectivity index (χ3v) is 5.21. The van der Waals surface area contributed by atoms with E-state index in [9.17, 15) is 28.8 Å². The number of hydrogen-bond acceptors (Lipinski definition) is 7. The number of nitrogens with one attached hydrogen (secondary N) is 2. The van der Waals surface area contributed by atoms with Crippen LogP contribution in [0.25, 0.3) is 0 Å². The SMILES string of the molecule is NC(=O)CCCCCNC(=O)COc1cccc2c1C(=O)N(C1CCC(=O)NC1=O)C2=O. The fraction of sp³-hybridized carbons (Fsp3) is 0.429. The quantitative estimate of drug-likeness (QED) is 0.327. The van der Waals surface area contributed by atoms with Gasteiger partial charge in [-0.05, 0) is 31.4 Å². The first-order valence-electron chi connectivity index (χ1n) is 10.3. The third-order valence-electron chi connectivity index (χ3n) is 5.21. The molecule has 0 bridgehead atoms. The van der Waals surface area contributed by atoms with Crippen LogP contribution in [0.1, 0.15) is 59.2 Å². The minimum Gasteiger partial charge on any atom is -0.483 e. The zero-order valence-corrected chi connectivity index (χ0v) is 17.3. The minimum atomic E-state index is -1.08. The molecule has 0 saturated carbocycles. The smallest absolute Gasteiger partial charge is 0.266 e. The summed E-state index contributed by atoms with van der Waals surface area (Å²) in [6, 6.07) is 3.35. The molecule has 6 amide bonds. The Morgan fingerprint density at radius 2 is 1.91 bits per heavy atom. The van der Waals surface area contributed by atoms with Gasteiger partial charge in [0.15, 0.2) is 6.61 Å². The highest BCUT2D eigenvalue weighted by molar-refractivity contribution is 6.24. The molecule has 1 aromatic rings. The molecular formula is C21H24N4O7. The fourth-order valence-corrected chi connectivity index (χ4v) is 3.63. The first-order chi connectivity index (χ1) is 15.3. The van der Waals surface area contributed by atoms with Crippen molar-refractivity contribution in [1.82, 2.24) is 15.5 Å². The minimum absolute atomic E-state index is 0.0125. The van der Waals surface area contributed by atoms with Crippen molar-refractivity contribution < 1.29 is 33.5 Å². The molecule has 2 heterocycles. The fourth-order valence-electron chi connectivity index (χ4n) is 3.63. The summed E-state index contributed by atoms with van der Waals surface area (Å²) in [4.78, 5) is 72.8. The number of fused-ring (bicyclic) bond motifs is 1. The molecule has 2 aliphatic rings. The highest BCUT2D eigenvalue weighted by atomic mass is 16.5. The van der Waals surface area contributed by atoms with Crippen molar-refractivity contribution in [2.75, 3.05) is 13.2 Å². The molecule has 1 unspecified atom stereocenters. The van der Waals surface area contributed by atoms with Crippen molar-refractivity contribution in [2.24, 2.45) is 5.73 Å².